The molecule has 56 heavy (non-hydrogen) atoms. The van der Waals surface area contributed by atoms with Crippen molar-refractivity contribution in [1.29, 1.82) is 0 Å². The van der Waals surface area contributed by atoms with Crippen LogP contribution in [0.4, 0.5) is 17.1 Å². The lowest BCUT2D eigenvalue weighted by Gasteiger charge is -2.26. The molecule has 1 heterocycles. The van der Waals surface area contributed by atoms with Crippen LogP contribution in [0.1, 0.15) is 11.1 Å². The molecular formula is C52H40N4. The zero-order valence-electron chi connectivity index (χ0n) is 31.4. The second-order valence-corrected chi connectivity index (χ2v) is 14.1. The Balaban J connectivity index is 1.06. The van der Waals surface area contributed by atoms with E-state index in [0.717, 1.165) is 50.8 Å². The van der Waals surface area contributed by atoms with Gasteiger partial charge in [0.25, 0.3) is 0 Å². The molecular weight excluding hydrogens is 681 g/mol. The quantitative estimate of drug-likeness (QED) is 0.149. The van der Waals surface area contributed by atoms with Crippen LogP contribution >= 0.6 is 0 Å². The van der Waals surface area contributed by atoms with Gasteiger partial charge in [0.15, 0.2) is 11.6 Å². The minimum atomic E-state index is 0.696. The Bertz CT molecular complexity index is 2670. The Morgan fingerprint density at radius 2 is 0.750 bits per heavy atom. The molecule has 0 aliphatic heterocycles. The van der Waals surface area contributed by atoms with Crippen LogP contribution in [0.5, 0.6) is 0 Å². The minimum Gasteiger partial charge on any atom is -0.311 e. The summed E-state index contributed by atoms with van der Waals surface area (Å²) in [6.07, 6.45) is 0. The molecule has 0 fully saturated rings. The topological polar surface area (TPSA) is 34.0 Å². The summed E-state index contributed by atoms with van der Waals surface area (Å²) >= 11 is 0. The molecule has 9 aromatic rings. The van der Waals surface area contributed by atoms with E-state index in [1.165, 1.54) is 33.4 Å². The number of benzene rings is 8. The highest BCUT2D eigenvalue weighted by Gasteiger charge is 2.18. The van der Waals surface area contributed by atoms with E-state index in [1.807, 2.05) is 53.2 Å². The third-order valence-electron chi connectivity index (χ3n) is 10.3. The number of hydrogen-bond acceptors (Lipinski definition) is 3. The van der Waals surface area contributed by atoms with Gasteiger partial charge in [-0.2, -0.15) is 0 Å². The molecule has 0 bridgehead atoms. The van der Waals surface area contributed by atoms with Gasteiger partial charge in [-0.1, -0.05) is 169 Å². The van der Waals surface area contributed by atoms with Crippen LogP contribution in [0.15, 0.2) is 206 Å². The molecule has 0 saturated heterocycles. The van der Waals surface area contributed by atoms with Gasteiger partial charge in [-0.05, 0) is 95.8 Å². The highest BCUT2D eigenvalue weighted by Crippen LogP contribution is 2.40. The van der Waals surface area contributed by atoms with E-state index in [9.17, 15) is 0 Å². The molecule has 9 rings (SSSR count). The summed E-state index contributed by atoms with van der Waals surface area (Å²) in [6, 6.07) is 72.8. The lowest BCUT2D eigenvalue weighted by Crippen LogP contribution is -2.09. The van der Waals surface area contributed by atoms with Crippen molar-refractivity contribution in [3.63, 3.8) is 0 Å². The van der Waals surface area contributed by atoms with Crippen molar-refractivity contribution in [2.75, 3.05) is 4.90 Å². The lowest BCUT2D eigenvalue weighted by molar-refractivity contribution is 0.891. The Morgan fingerprint density at radius 3 is 1.23 bits per heavy atom. The first-order valence-corrected chi connectivity index (χ1v) is 19.0. The van der Waals surface area contributed by atoms with Crippen molar-refractivity contribution in [3.8, 4) is 61.8 Å². The Hall–Kier alpha value is -7.30. The number of hydrogen-bond donors (Lipinski definition) is 0. The van der Waals surface area contributed by atoms with Crippen molar-refractivity contribution in [1.82, 2.24) is 14.8 Å². The maximum Gasteiger partial charge on any atom is 0.182 e. The van der Waals surface area contributed by atoms with Crippen LogP contribution in [0.3, 0.4) is 0 Å². The summed E-state index contributed by atoms with van der Waals surface area (Å²) in [5.41, 5.74) is 15.8. The van der Waals surface area contributed by atoms with Crippen LogP contribution in [-0.4, -0.2) is 14.8 Å². The number of aryl methyl sites for hydroxylation is 2. The first kappa shape index (κ1) is 34.5. The maximum atomic E-state index is 5.00. The predicted molar refractivity (Wildman–Crippen MR) is 233 cm³/mol. The van der Waals surface area contributed by atoms with Crippen molar-refractivity contribution in [3.05, 3.63) is 217 Å². The van der Waals surface area contributed by atoms with Crippen LogP contribution in [0.25, 0.3) is 61.8 Å². The maximum absolute atomic E-state index is 5.00. The van der Waals surface area contributed by atoms with Gasteiger partial charge in [-0.15, -0.1) is 5.10 Å². The highest BCUT2D eigenvalue weighted by atomic mass is 15.4. The SMILES string of the molecule is Cc1ccc(N(c2ccc(C)cc2)c2ccc(-c3ccccc3-c3ccccc3-c3ccc(-n4nc(-c5ccccc5)nc4-c4ccccc4)cc3)cc2)cc1. The zero-order valence-corrected chi connectivity index (χ0v) is 31.4. The van der Waals surface area contributed by atoms with Gasteiger partial charge in [0.2, 0.25) is 0 Å². The van der Waals surface area contributed by atoms with E-state index in [4.69, 9.17) is 10.1 Å². The number of rotatable bonds is 9. The standard InChI is InChI=1S/C52H40N4/c1-37-21-29-43(30-22-37)55(44-31-23-38(2)24-32-44)45-33-25-39(26-34-45)47-17-9-11-19-49(47)50-20-12-10-18-48(50)40-27-35-46(36-28-40)56-52(42-15-7-4-8-16-42)53-51(54-56)41-13-5-3-6-14-41/h3-36H,1-2H3. The summed E-state index contributed by atoms with van der Waals surface area (Å²) in [5.74, 6) is 1.50. The second kappa shape index (κ2) is 15.2. The van der Waals surface area contributed by atoms with Gasteiger partial charge in [0.1, 0.15) is 0 Å². The van der Waals surface area contributed by atoms with Gasteiger partial charge in [0, 0.05) is 28.2 Å². The summed E-state index contributed by atoms with van der Waals surface area (Å²) in [6.45, 7) is 4.25. The molecule has 0 unspecified atom stereocenters. The van der Waals surface area contributed by atoms with Crippen LogP contribution in [0.2, 0.25) is 0 Å². The smallest absolute Gasteiger partial charge is 0.182 e. The minimum absolute atomic E-state index is 0.696. The zero-order chi connectivity index (χ0) is 37.8. The largest absolute Gasteiger partial charge is 0.311 e. The van der Waals surface area contributed by atoms with Gasteiger partial charge in [-0.25, -0.2) is 9.67 Å². The molecule has 8 aromatic carbocycles. The van der Waals surface area contributed by atoms with Crippen molar-refractivity contribution < 1.29 is 0 Å². The molecule has 0 aliphatic carbocycles. The Morgan fingerprint density at radius 1 is 0.357 bits per heavy atom. The fraction of sp³-hybridized carbons (Fsp3) is 0.0385. The summed E-state index contributed by atoms with van der Waals surface area (Å²) < 4.78 is 1.95. The summed E-state index contributed by atoms with van der Waals surface area (Å²) in [4.78, 5) is 7.32. The van der Waals surface area contributed by atoms with Gasteiger partial charge in [-0.3, -0.25) is 0 Å². The van der Waals surface area contributed by atoms with E-state index < -0.39 is 0 Å². The van der Waals surface area contributed by atoms with E-state index in [0.29, 0.717) is 5.82 Å². The summed E-state index contributed by atoms with van der Waals surface area (Å²) in [7, 11) is 0. The van der Waals surface area contributed by atoms with Crippen molar-refractivity contribution in [2.24, 2.45) is 0 Å². The van der Waals surface area contributed by atoms with E-state index in [1.54, 1.807) is 0 Å². The van der Waals surface area contributed by atoms with Crippen LogP contribution < -0.4 is 4.90 Å². The normalized spacial score (nSPS) is 11.0. The monoisotopic (exact) mass is 720 g/mol. The molecule has 0 amide bonds. The Labute approximate surface area is 328 Å². The molecule has 0 saturated carbocycles. The molecule has 0 N–H and O–H groups in total. The van der Waals surface area contributed by atoms with Crippen LogP contribution in [-0.2, 0) is 0 Å². The average Bonchev–Trinajstić information content (AvgIpc) is 3.72. The second-order valence-electron chi connectivity index (χ2n) is 14.1. The molecule has 1 aromatic heterocycles. The molecule has 4 heteroatoms. The van der Waals surface area contributed by atoms with E-state index >= 15 is 0 Å². The van der Waals surface area contributed by atoms with Crippen molar-refractivity contribution >= 4 is 17.1 Å². The molecule has 0 radical (unpaired) electrons. The van der Waals surface area contributed by atoms with E-state index in [-0.39, 0.29) is 0 Å². The highest BCUT2D eigenvalue weighted by molar-refractivity contribution is 5.92. The fourth-order valence-electron chi connectivity index (χ4n) is 7.32. The molecule has 0 atom stereocenters. The average molecular weight is 721 g/mol. The van der Waals surface area contributed by atoms with Crippen molar-refractivity contribution in [2.45, 2.75) is 13.8 Å². The van der Waals surface area contributed by atoms with Crippen LogP contribution in [0, 0.1) is 13.8 Å². The lowest BCUT2D eigenvalue weighted by atomic mass is 9.89. The first-order chi connectivity index (χ1) is 27.6. The fourth-order valence-corrected chi connectivity index (χ4v) is 7.32. The summed E-state index contributed by atoms with van der Waals surface area (Å²) in [5, 5.41) is 5.00. The molecule has 4 nitrogen and oxygen atoms in total. The molecule has 0 aliphatic rings. The van der Waals surface area contributed by atoms with Gasteiger partial charge in [0.05, 0.1) is 5.69 Å². The van der Waals surface area contributed by atoms with Gasteiger partial charge < -0.3 is 4.90 Å². The van der Waals surface area contributed by atoms with E-state index in [2.05, 4.69) is 176 Å². The van der Waals surface area contributed by atoms with Gasteiger partial charge >= 0.3 is 0 Å². The number of aromatic nitrogens is 3. The number of nitrogens with zero attached hydrogens (tertiary/aromatic N) is 4. The third-order valence-corrected chi connectivity index (χ3v) is 10.3. The predicted octanol–water partition coefficient (Wildman–Crippen LogP) is 13.7. The molecule has 0 spiro atoms. The molecule has 268 valence electrons. The third kappa shape index (κ3) is 6.92. The first-order valence-electron chi connectivity index (χ1n) is 19.0. The Kier molecular flexibility index (Phi) is 9.36. The number of anilines is 3.